The average molecular weight is 570 g/mol. The van der Waals surface area contributed by atoms with Gasteiger partial charge < -0.3 is 15.3 Å². The van der Waals surface area contributed by atoms with Crippen LogP contribution in [0.5, 0.6) is 0 Å². The molecule has 2 unspecified atom stereocenters. The molecule has 2 heterocycles. The number of hydrogen-bond donors (Lipinski definition) is 2. The fraction of sp³-hybridized carbons (Fsp3) is 0.385. The van der Waals surface area contributed by atoms with E-state index >= 15 is 0 Å². The van der Waals surface area contributed by atoms with Crippen LogP contribution < -0.4 is 15.9 Å². The van der Waals surface area contributed by atoms with Crippen LogP contribution in [0.3, 0.4) is 0 Å². The summed E-state index contributed by atoms with van der Waals surface area (Å²) in [5.74, 6) is -1.98. The van der Waals surface area contributed by atoms with Crippen LogP contribution in [0.15, 0.2) is 59.1 Å². The zero-order valence-corrected chi connectivity index (χ0v) is 21.9. The number of carbonyl (C=O) groups excluding carboxylic acids is 1. The highest BCUT2D eigenvalue weighted by Crippen LogP contribution is 2.35. The molecule has 0 fully saturated rings. The summed E-state index contributed by atoms with van der Waals surface area (Å²) in [6.45, 7) is 0.349. The zero-order chi connectivity index (χ0) is 27.6. The average Bonchev–Trinajstić information content (AvgIpc) is 3.06. The van der Waals surface area contributed by atoms with Crippen molar-refractivity contribution in [1.29, 1.82) is 0 Å². The lowest BCUT2D eigenvalue weighted by Crippen LogP contribution is -2.51. The Morgan fingerprint density at radius 2 is 1.92 bits per heavy atom. The van der Waals surface area contributed by atoms with Gasteiger partial charge in [-0.25, -0.2) is 8.42 Å². The number of hydrogen-bond acceptors (Lipinski definition) is 6. The lowest BCUT2D eigenvalue weighted by atomic mass is 10.1. The molecule has 2 aliphatic rings. The Morgan fingerprint density at radius 3 is 2.63 bits per heavy atom. The van der Waals surface area contributed by atoms with Crippen molar-refractivity contribution in [3.8, 4) is 0 Å². The van der Waals surface area contributed by atoms with Gasteiger partial charge >= 0.3 is 6.18 Å². The smallest absolute Gasteiger partial charge is 0.384 e. The summed E-state index contributed by atoms with van der Waals surface area (Å²) < 4.78 is 65.1. The minimum absolute atomic E-state index is 0.0992. The van der Waals surface area contributed by atoms with Crippen LogP contribution in [-0.4, -0.2) is 65.4 Å². The number of nitrogens with zero attached hydrogens (tertiary/aromatic N) is 2. The number of amides is 1. The van der Waals surface area contributed by atoms with E-state index in [-0.39, 0.29) is 16.8 Å². The first-order valence-electron chi connectivity index (χ1n) is 12.0. The molecule has 2 N–H and O–H groups in total. The van der Waals surface area contributed by atoms with Crippen molar-refractivity contribution in [1.82, 2.24) is 9.88 Å². The predicted molar refractivity (Wildman–Crippen MR) is 138 cm³/mol. The standard InChI is InChI=1S/C26H27ClF3N3O4S/c27-19-8-9-21-22(10-12-32-23(21)14-19)31-11-4-5-13-33-24(34)18(16-26(28,29)30)15-25(33,35)17-38(36,37)20-6-2-1-3-7-20/h1-3,6-7,9-10,12,14-15,19,31,35H,4-5,8,11,13,16-17H2. The minimum atomic E-state index is -4.69. The van der Waals surface area contributed by atoms with E-state index in [2.05, 4.69) is 10.3 Å². The number of pyridine rings is 1. The van der Waals surface area contributed by atoms with Crippen LogP contribution in [0.25, 0.3) is 12.2 Å². The number of carbonyl (C=O) groups is 1. The number of benzene rings is 1. The largest absolute Gasteiger partial charge is 0.393 e. The van der Waals surface area contributed by atoms with Gasteiger partial charge in [-0.3, -0.25) is 9.78 Å². The molecule has 0 saturated heterocycles. The highest BCUT2D eigenvalue weighted by molar-refractivity contribution is 7.91. The first kappa shape index (κ1) is 28.1. The Kier molecular flexibility index (Phi) is 8.20. The molecular formula is C26H27ClF3N3O4S. The van der Waals surface area contributed by atoms with E-state index in [1.807, 2.05) is 18.2 Å². The van der Waals surface area contributed by atoms with Gasteiger partial charge in [-0.05, 0) is 49.6 Å². The lowest BCUT2D eigenvalue weighted by Gasteiger charge is -2.33. The fourth-order valence-electron chi connectivity index (χ4n) is 4.59. The van der Waals surface area contributed by atoms with Crippen LogP contribution in [-0.2, 0) is 14.6 Å². The molecule has 0 bridgehead atoms. The topological polar surface area (TPSA) is 99.6 Å². The van der Waals surface area contributed by atoms with E-state index < -0.39 is 45.4 Å². The van der Waals surface area contributed by atoms with Crippen LogP contribution >= 0.6 is 11.6 Å². The molecule has 1 aliphatic carbocycles. The molecule has 204 valence electrons. The molecule has 2 aromatic rings. The van der Waals surface area contributed by atoms with E-state index in [0.29, 0.717) is 25.8 Å². The van der Waals surface area contributed by atoms with Crippen molar-refractivity contribution in [2.24, 2.45) is 0 Å². The van der Waals surface area contributed by atoms with Crippen molar-refractivity contribution in [2.75, 3.05) is 24.2 Å². The zero-order valence-electron chi connectivity index (χ0n) is 20.3. The number of aromatic nitrogens is 1. The number of alkyl halides is 4. The first-order chi connectivity index (χ1) is 17.9. The molecular weight excluding hydrogens is 543 g/mol. The maximum Gasteiger partial charge on any atom is 0.393 e. The van der Waals surface area contributed by atoms with Gasteiger partial charge in [0, 0.05) is 35.8 Å². The van der Waals surface area contributed by atoms with Crippen LogP contribution in [0, 0.1) is 0 Å². The second-order valence-corrected chi connectivity index (χ2v) is 11.8. The van der Waals surface area contributed by atoms with Crippen molar-refractivity contribution in [3.63, 3.8) is 0 Å². The van der Waals surface area contributed by atoms with Crippen LogP contribution in [0.2, 0.25) is 0 Å². The summed E-state index contributed by atoms with van der Waals surface area (Å²) in [5.41, 5.74) is -2.21. The first-order valence-corrected chi connectivity index (χ1v) is 14.1. The van der Waals surface area contributed by atoms with Crippen molar-refractivity contribution >= 4 is 45.2 Å². The number of anilines is 1. The monoisotopic (exact) mass is 569 g/mol. The maximum atomic E-state index is 13.1. The third-order valence-electron chi connectivity index (χ3n) is 6.32. The van der Waals surface area contributed by atoms with Gasteiger partial charge in [-0.2, -0.15) is 13.2 Å². The molecule has 7 nitrogen and oxygen atoms in total. The van der Waals surface area contributed by atoms with E-state index in [1.165, 1.54) is 24.3 Å². The fourth-order valence-corrected chi connectivity index (χ4v) is 6.34. The Balaban J connectivity index is 1.45. The van der Waals surface area contributed by atoms with Gasteiger partial charge in [0.05, 0.1) is 22.0 Å². The molecule has 0 saturated carbocycles. The molecule has 1 aromatic heterocycles. The van der Waals surface area contributed by atoms with Gasteiger partial charge in [-0.15, -0.1) is 11.6 Å². The molecule has 4 rings (SSSR count). The van der Waals surface area contributed by atoms with Crippen LogP contribution in [0.1, 0.15) is 25.7 Å². The predicted octanol–water partition coefficient (Wildman–Crippen LogP) is 2.73. The Labute approximate surface area is 223 Å². The SMILES string of the molecule is O=C1C(CC(F)(F)F)=CC(O)(CS(=O)(=O)c2ccccc2)N1CCCCNc1ccnc2c1=CCC(Cl)C=2. The summed E-state index contributed by atoms with van der Waals surface area (Å²) in [6.07, 6.45) is 1.49. The van der Waals surface area contributed by atoms with Gasteiger partial charge in [0.15, 0.2) is 15.6 Å². The molecule has 2 atom stereocenters. The van der Waals surface area contributed by atoms with Crippen molar-refractivity contribution in [2.45, 2.75) is 47.9 Å². The number of aliphatic hydroxyl groups is 1. The number of fused-ring (bicyclic) bond motifs is 1. The Hall–Kier alpha value is -2.89. The third kappa shape index (κ3) is 6.57. The Bertz CT molecular complexity index is 1450. The normalized spacial score (nSPS) is 21.4. The number of halogens is 4. The molecule has 12 heteroatoms. The Morgan fingerprint density at radius 1 is 1.18 bits per heavy atom. The summed E-state index contributed by atoms with van der Waals surface area (Å²) in [7, 11) is -4.11. The summed E-state index contributed by atoms with van der Waals surface area (Å²) >= 11 is 6.16. The summed E-state index contributed by atoms with van der Waals surface area (Å²) in [4.78, 5) is 17.9. The van der Waals surface area contributed by atoms with Gasteiger partial charge in [-0.1, -0.05) is 24.3 Å². The second kappa shape index (κ2) is 11.1. The second-order valence-electron chi connectivity index (χ2n) is 9.28. The lowest BCUT2D eigenvalue weighted by molar-refractivity contribution is -0.145. The third-order valence-corrected chi connectivity index (χ3v) is 8.42. The number of rotatable bonds is 10. The van der Waals surface area contributed by atoms with Gasteiger partial charge in [0.2, 0.25) is 0 Å². The summed E-state index contributed by atoms with van der Waals surface area (Å²) in [5, 5.41) is 16.1. The molecule has 0 spiro atoms. The summed E-state index contributed by atoms with van der Waals surface area (Å²) in [6, 6.07) is 9.08. The molecule has 0 radical (unpaired) electrons. The molecule has 1 aromatic carbocycles. The van der Waals surface area contributed by atoms with Gasteiger partial charge in [0.1, 0.15) is 5.75 Å². The van der Waals surface area contributed by atoms with E-state index in [9.17, 15) is 31.5 Å². The molecule has 1 aliphatic heterocycles. The number of sulfone groups is 1. The highest BCUT2D eigenvalue weighted by Gasteiger charge is 2.48. The molecule has 38 heavy (non-hydrogen) atoms. The van der Waals surface area contributed by atoms with Crippen molar-refractivity contribution < 1.29 is 31.5 Å². The maximum absolute atomic E-state index is 13.1. The number of unbranched alkanes of at least 4 members (excludes halogenated alkanes) is 1. The van der Waals surface area contributed by atoms with Gasteiger partial charge in [0.25, 0.3) is 5.91 Å². The van der Waals surface area contributed by atoms with Crippen LogP contribution in [0.4, 0.5) is 18.9 Å². The van der Waals surface area contributed by atoms with E-state index in [0.717, 1.165) is 27.2 Å². The van der Waals surface area contributed by atoms with Crippen molar-refractivity contribution in [3.05, 3.63) is 64.8 Å². The quantitative estimate of drug-likeness (QED) is 0.337. The number of nitrogens with one attached hydrogen (secondary N) is 1. The van der Waals surface area contributed by atoms with E-state index in [1.54, 1.807) is 12.3 Å². The minimum Gasteiger partial charge on any atom is -0.384 e. The molecule has 1 amide bonds. The highest BCUT2D eigenvalue weighted by atomic mass is 35.5. The van der Waals surface area contributed by atoms with E-state index in [4.69, 9.17) is 11.6 Å².